The fourth-order valence-electron chi connectivity index (χ4n) is 0.551. The maximum Gasteiger partial charge on any atom is 0.179 e. The van der Waals surface area contributed by atoms with Crippen molar-refractivity contribution in [2.45, 2.75) is 19.1 Å². The highest BCUT2D eigenvalue weighted by atomic mass is 16.3. The van der Waals surface area contributed by atoms with Gasteiger partial charge >= 0.3 is 0 Å². The number of aliphatic hydroxyl groups excluding tert-OH is 1. The van der Waals surface area contributed by atoms with Crippen LogP contribution in [0.15, 0.2) is 0 Å². The van der Waals surface area contributed by atoms with Gasteiger partial charge in [0.15, 0.2) is 5.78 Å². The van der Waals surface area contributed by atoms with Crippen LogP contribution in [0.2, 0.25) is 0 Å². The summed E-state index contributed by atoms with van der Waals surface area (Å²) in [6.45, 7) is 2.23. The van der Waals surface area contributed by atoms with Gasteiger partial charge in [-0.25, -0.2) is 0 Å². The SMILES string of the molecule is CC(O)C(=O)C1CN1. The Morgan fingerprint density at radius 2 is 2.50 bits per heavy atom. The highest BCUT2D eigenvalue weighted by molar-refractivity contribution is 5.90. The molecule has 2 unspecified atom stereocenters. The van der Waals surface area contributed by atoms with E-state index in [0.717, 1.165) is 6.54 Å². The number of hydrogen-bond donors (Lipinski definition) is 2. The molecule has 1 heterocycles. The molecule has 1 aliphatic heterocycles. The Balaban J connectivity index is 2.33. The van der Waals surface area contributed by atoms with Crippen LogP contribution in [0.25, 0.3) is 0 Å². The third-order valence-corrected chi connectivity index (χ3v) is 1.16. The number of ketones is 1. The Morgan fingerprint density at radius 1 is 2.00 bits per heavy atom. The maximum atomic E-state index is 10.6. The van der Waals surface area contributed by atoms with Crippen LogP contribution in [-0.2, 0) is 4.79 Å². The molecule has 0 radical (unpaired) electrons. The lowest BCUT2D eigenvalue weighted by Crippen LogP contribution is -2.23. The number of nitrogens with one attached hydrogen (secondary N) is 1. The van der Waals surface area contributed by atoms with Gasteiger partial charge in [-0.15, -0.1) is 0 Å². The van der Waals surface area contributed by atoms with E-state index < -0.39 is 6.10 Å². The number of carbonyl (C=O) groups excluding carboxylic acids is 1. The summed E-state index contributed by atoms with van der Waals surface area (Å²) < 4.78 is 0. The largest absolute Gasteiger partial charge is 0.386 e. The third kappa shape index (κ3) is 1.05. The van der Waals surface area contributed by atoms with E-state index in [2.05, 4.69) is 5.32 Å². The average Bonchev–Trinajstić information content (AvgIpc) is 2.43. The summed E-state index contributed by atoms with van der Waals surface area (Å²) in [5, 5.41) is 11.4. The minimum absolute atomic E-state index is 0.0463. The quantitative estimate of drug-likeness (QED) is 0.449. The van der Waals surface area contributed by atoms with Gasteiger partial charge in [-0.2, -0.15) is 0 Å². The van der Waals surface area contributed by atoms with Crippen LogP contribution in [0.3, 0.4) is 0 Å². The molecular weight excluding hydrogens is 106 g/mol. The molecule has 1 aliphatic rings. The van der Waals surface area contributed by atoms with Gasteiger partial charge < -0.3 is 10.4 Å². The van der Waals surface area contributed by atoms with Crippen LogP contribution in [0.4, 0.5) is 0 Å². The first-order valence-electron chi connectivity index (χ1n) is 2.67. The van der Waals surface area contributed by atoms with E-state index in [1.165, 1.54) is 6.92 Å². The van der Waals surface area contributed by atoms with Gasteiger partial charge in [0, 0.05) is 6.54 Å². The summed E-state index contributed by atoms with van der Waals surface area (Å²) in [6.07, 6.45) is -0.796. The Bertz CT molecular complexity index is 103. The maximum absolute atomic E-state index is 10.6. The van der Waals surface area contributed by atoms with Gasteiger partial charge in [-0.3, -0.25) is 4.79 Å². The summed E-state index contributed by atoms with van der Waals surface area (Å²) in [5.74, 6) is -0.0926. The molecule has 46 valence electrons. The van der Waals surface area contributed by atoms with Crippen molar-refractivity contribution in [2.24, 2.45) is 0 Å². The fourth-order valence-corrected chi connectivity index (χ4v) is 0.551. The predicted octanol–water partition coefficient (Wildman–Crippen LogP) is -1.09. The van der Waals surface area contributed by atoms with Gasteiger partial charge in [0.2, 0.25) is 0 Å². The number of carbonyl (C=O) groups is 1. The molecule has 2 atom stereocenters. The Labute approximate surface area is 47.7 Å². The lowest BCUT2D eigenvalue weighted by atomic mass is 10.2. The second kappa shape index (κ2) is 1.84. The van der Waals surface area contributed by atoms with Crippen molar-refractivity contribution in [1.82, 2.24) is 5.32 Å². The lowest BCUT2D eigenvalue weighted by Gasteiger charge is -1.96. The van der Waals surface area contributed by atoms with Crippen molar-refractivity contribution in [3.05, 3.63) is 0 Å². The van der Waals surface area contributed by atoms with Gasteiger partial charge in [0.25, 0.3) is 0 Å². The monoisotopic (exact) mass is 115 g/mol. The van der Waals surface area contributed by atoms with Crippen molar-refractivity contribution < 1.29 is 9.90 Å². The second-order valence-corrected chi connectivity index (χ2v) is 2.04. The minimum Gasteiger partial charge on any atom is -0.386 e. The molecule has 0 saturated carbocycles. The van der Waals surface area contributed by atoms with Crippen molar-refractivity contribution >= 4 is 5.78 Å². The Morgan fingerprint density at radius 3 is 2.62 bits per heavy atom. The summed E-state index contributed by atoms with van der Waals surface area (Å²) >= 11 is 0. The molecule has 0 aromatic carbocycles. The molecule has 1 fully saturated rings. The predicted molar refractivity (Wildman–Crippen MR) is 28.5 cm³/mol. The number of aliphatic hydroxyl groups is 1. The molecule has 0 aliphatic carbocycles. The summed E-state index contributed by atoms with van der Waals surface area (Å²) in [7, 11) is 0. The van der Waals surface area contributed by atoms with E-state index in [1.807, 2.05) is 0 Å². The number of hydrogen-bond acceptors (Lipinski definition) is 3. The number of rotatable bonds is 2. The summed E-state index contributed by atoms with van der Waals surface area (Å²) in [5.41, 5.74) is 0. The molecule has 0 aromatic rings. The highest BCUT2D eigenvalue weighted by Crippen LogP contribution is 2.00. The average molecular weight is 115 g/mol. The summed E-state index contributed by atoms with van der Waals surface area (Å²) in [4.78, 5) is 10.6. The van der Waals surface area contributed by atoms with E-state index in [0.29, 0.717) is 0 Å². The summed E-state index contributed by atoms with van der Waals surface area (Å²) in [6, 6.07) is -0.0463. The van der Waals surface area contributed by atoms with Crippen LogP contribution in [0, 0.1) is 0 Å². The molecule has 0 amide bonds. The first-order chi connectivity index (χ1) is 3.72. The zero-order chi connectivity index (χ0) is 6.15. The van der Waals surface area contributed by atoms with Crippen molar-refractivity contribution in [1.29, 1.82) is 0 Å². The van der Waals surface area contributed by atoms with Crippen molar-refractivity contribution in [3.63, 3.8) is 0 Å². The molecule has 0 bridgehead atoms. The first-order valence-corrected chi connectivity index (χ1v) is 2.67. The Kier molecular flexibility index (Phi) is 1.31. The highest BCUT2D eigenvalue weighted by Gasteiger charge is 2.30. The topological polar surface area (TPSA) is 59.2 Å². The fraction of sp³-hybridized carbons (Fsp3) is 0.800. The molecule has 0 aromatic heterocycles. The van der Waals surface area contributed by atoms with Crippen LogP contribution in [0.1, 0.15) is 6.92 Å². The molecule has 2 N–H and O–H groups in total. The van der Waals surface area contributed by atoms with E-state index in [9.17, 15) is 4.79 Å². The van der Waals surface area contributed by atoms with Crippen molar-refractivity contribution in [3.8, 4) is 0 Å². The second-order valence-electron chi connectivity index (χ2n) is 2.04. The van der Waals surface area contributed by atoms with Gasteiger partial charge in [-0.1, -0.05) is 0 Å². The van der Waals surface area contributed by atoms with Gasteiger partial charge in [0.1, 0.15) is 6.10 Å². The van der Waals surface area contributed by atoms with Crippen LogP contribution in [0.5, 0.6) is 0 Å². The van der Waals surface area contributed by atoms with E-state index in [1.54, 1.807) is 0 Å². The molecule has 3 nitrogen and oxygen atoms in total. The molecule has 3 heteroatoms. The zero-order valence-corrected chi connectivity index (χ0v) is 4.72. The van der Waals surface area contributed by atoms with Crippen LogP contribution in [-0.4, -0.2) is 29.6 Å². The standard InChI is InChI=1S/C5H9NO2/c1-3(7)5(8)4-2-6-4/h3-4,6-7H,2H2,1H3. The molecule has 8 heavy (non-hydrogen) atoms. The molecular formula is C5H9NO2. The zero-order valence-electron chi connectivity index (χ0n) is 4.72. The smallest absolute Gasteiger partial charge is 0.179 e. The normalized spacial score (nSPS) is 29.5. The molecule has 1 saturated heterocycles. The van der Waals surface area contributed by atoms with Gasteiger partial charge in [0.05, 0.1) is 6.04 Å². The van der Waals surface area contributed by atoms with Gasteiger partial charge in [-0.05, 0) is 6.92 Å². The first kappa shape index (κ1) is 5.72. The van der Waals surface area contributed by atoms with Crippen LogP contribution >= 0.6 is 0 Å². The number of Topliss-reactive ketones (excluding diaryl/α,β-unsaturated/α-hetero) is 1. The third-order valence-electron chi connectivity index (χ3n) is 1.16. The lowest BCUT2D eigenvalue weighted by molar-refractivity contribution is -0.125. The Hall–Kier alpha value is -0.410. The molecule has 1 rings (SSSR count). The van der Waals surface area contributed by atoms with Crippen molar-refractivity contribution in [2.75, 3.05) is 6.54 Å². The molecule has 0 spiro atoms. The van der Waals surface area contributed by atoms with E-state index >= 15 is 0 Å². The van der Waals surface area contributed by atoms with E-state index in [4.69, 9.17) is 5.11 Å². The van der Waals surface area contributed by atoms with E-state index in [-0.39, 0.29) is 11.8 Å². The van der Waals surface area contributed by atoms with Crippen LogP contribution < -0.4 is 5.32 Å². The minimum atomic E-state index is -0.796.